The second-order valence-electron chi connectivity index (χ2n) is 6.87. The molecule has 0 amide bonds. The molecule has 1 saturated carbocycles. The van der Waals surface area contributed by atoms with Crippen molar-refractivity contribution in [3.63, 3.8) is 0 Å². The maximum absolute atomic E-state index is 6.06. The molecular formula is C20H17ClN6OS. The SMILES string of the molecule is CC(Sc1nnc(-c2ccncc2)n1C1CC1)c1noc(-c2cccc(Cl)c2)n1. The first-order chi connectivity index (χ1) is 14.2. The number of halogens is 1. The predicted octanol–water partition coefficient (Wildman–Crippen LogP) is 5.23. The lowest BCUT2D eigenvalue weighted by molar-refractivity contribution is 0.423. The minimum absolute atomic E-state index is 0.0429. The van der Waals surface area contributed by atoms with Gasteiger partial charge in [0.15, 0.2) is 16.8 Å². The summed E-state index contributed by atoms with van der Waals surface area (Å²) >= 11 is 7.64. The van der Waals surface area contributed by atoms with Crippen LogP contribution < -0.4 is 0 Å². The molecule has 1 aromatic carbocycles. The monoisotopic (exact) mass is 424 g/mol. The predicted molar refractivity (Wildman–Crippen MR) is 111 cm³/mol. The smallest absolute Gasteiger partial charge is 0.258 e. The first-order valence-corrected chi connectivity index (χ1v) is 10.6. The van der Waals surface area contributed by atoms with Gasteiger partial charge in [-0.05, 0) is 50.1 Å². The van der Waals surface area contributed by atoms with Gasteiger partial charge < -0.3 is 4.52 Å². The highest BCUT2D eigenvalue weighted by Gasteiger charge is 2.31. The standard InChI is InChI=1S/C20H17ClN6OS/c1-12(17-23-19(28-26-17)14-3-2-4-15(21)11-14)29-20-25-24-18(27(20)16-5-6-16)13-7-9-22-10-8-13/h2-4,7-12,16H,5-6H2,1H3. The van der Waals surface area contributed by atoms with Gasteiger partial charge >= 0.3 is 0 Å². The summed E-state index contributed by atoms with van der Waals surface area (Å²) < 4.78 is 7.66. The second-order valence-corrected chi connectivity index (χ2v) is 8.62. The van der Waals surface area contributed by atoms with Crippen LogP contribution in [0, 0.1) is 0 Å². The van der Waals surface area contributed by atoms with Gasteiger partial charge in [-0.1, -0.05) is 34.6 Å². The van der Waals surface area contributed by atoms with Crippen molar-refractivity contribution in [3.05, 3.63) is 59.6 Å². The molecule has 1 aliphatic rings. The topological polar surface area (TPSA) is 82.5 Å². The number of rotatable bonds is 6. The van der Waals surface area contributed by atoms with Crippen LogP contribution in [0.4, 0.5) is 0 Å². The van der Waals surface area contributed by atoms with E-state index in [9.17, 15) is 0 Å². The lowest BCUT2D eigenvalue weighted by Gasteiger charge is -2.10. The molecule has 1 unspecified atom stereocenters. The molecule has 1 atom stereocenters. The lowest BCUT2D eigenvalue weighted by atomic mass is 10.2. The van der Waals surface area contributed by atoms with Crippen molar-refractivity contribution in [2.75, 3.05) is 0 Å². The molecule has 29 heavy (non-hydrogen) atoms. The highest BCUT2D eigenvalue weighted by Crippen LogP contribution is 2.43. The van der Waals surface area contributed by atoms with Crippen LogP contribution in [-0.4, -0.2) is 29.9 Å². The average Bonchev–Trinajstić information content (AvgIpc) is 3.29. The molecule has 0 radical (unpaired) electrons. The summed E-state index contributed by atoms with van der Waals surface area (Å²) in [5.41, 5.74) is 1.82. The molecule has 1 fully saturated rings. The fraction of sp³-hybridized carbons (Fsp3) is 0.250. The quantitative estimate of drug-likeness (QED) is 0.392. The first kappa shape index (κ1) is 18.3. The van der Waals surface area contributed by atoms with Crippen LogP contribution in [0.2, 0.25) is 5.02 Å². The van der Waals surface area contributed by atoms with Crippen molar-refractivity contribution >= 4 is 23.4 Å². The van der Waals surface area contributed by atoms with Crippen molar-refractivity contribution in [2.45, 2.75) is 36.2 Å². The van der Waals surface area contributed by atoms with Gasteiger partial charge in [-0.15, -0.1) is 10.2 Å². The van der Waals surface area contributed by atoms with Crippen LogP contribution in [0.5, 0.6) is 0 Å². The molecule has 0 spiro atoms. The molecule has 7 nitrogen and oxygen atoms in total. The molecule has 0 aliphatic heterocycles. The Labute approximate surface area is 176 Å². The Morgan fingerprint density at radius 1 is 1.14 bits per heavy atom. The Morgan fingerprint density at radius 2 is 1.97 bits per heavy atom. The number of aromatic nitrogens is 6. The number of pyridine rings is 1. The van der Waals surface area contributed by atoms with Gasteiger partial charge in [0.1, 0.15) is 0 Å². The van der Waals surface area contributed by atoms with Gasteiger partial charge in [-0.2, -0.15) is 4.98 Å². The van der Waals surface area contributed by atoms with Gasteiger partial charge in [-0.25, -0.2) is 0 Å². The molecule has 4 aromatic rings. The Hall–Kier alpha value is -2.71. The van der Waals surface area contributed by atoms with E-state index in [0.717, 1.165) is 34.9 Å². The fourth-order valence-electron chi connectivity index (χ4n) is 3.07. The molecular weight excluding hydrogens is 408 g/mol. The number of nitrogens with zero attached hydrogens (tertiary/aromatic N) is 6. The van der Waals surface area contributed by atoms with E-state index in [1.165, 1.54) is 0 Å². The third-order valence-electron chi connectivity index (χ3n) is 4.67. The van der Waals surface area contributed by atoms with Crippen LogP contribution in [0.25, 0.3) is 22.8 Å². The summed E-state index contributed by atoms with van der Waals surface area (Å²) in [4.78, 5) is 8.64. The zero-order valence-corrected chi connectivity index (χ0v) is 17.1. The zero-order valence-electron chi connectivity index (χ0n) is 15.6. The van der Waals surface area contributed by atoms with E-state index in [1.54, 1.807) is 30.2 Å². The van der Waals surface area contributed by atoms with E-state index in [2.05, 4.69) is 29.9 Å². The van der Waals surface area contributed by atoms with Crippen LogP contribution in [0.15, 0.2) is 58.5 Å². The van der Waals surface area contributed by atoms with Crippen LogP contribution >= 0.6 is 23.4 Å². The molecule has 3 aromatic heterocycles. The number of benzene rings is 1. The van der Waals surface area contributed by atoms with E-state index >= 15 is 0 Å². The van der Waals surface area contributed by atoms with E-state index in [0.29, 0.717) is 22.8 Å². The summed E-state index contributed by atoms with van der Waals surface area (Å²) in [7, 11) is 0. The van der Waals surface area contributed by atoms with Crippen molar-refractivity contribution in [1.29, 1.82) is 0 Å². The minimum Gasteiger partial charge on any atom is -0.334 e. The van der Waals surface area contributed by atoms with E-state index in [4.69, 9.17) is 16.1 Å². The second kappa shape index (κ2) is 7.61. The van der Waals surface area contributed by atoms with Crippen molar-refractivity contribution < 1.29 is 4.52 Å². The molecule has 1 aliphatic carbocycles. The Bertz CT molecular complexity index is 1140. The van der Waals surface area contributed by atoms with E-state index in [-0.39, 0.29) is 5.25 Å². The van der Waals surface area contributed by atoms with Crippen LogP contribution in [0.1, 0.15) is 36.9 Å². The number of thioether (sulfide) groups is 1. The van der Waals surface area contributed by atoms with Gasteiger partial charge in [-0.3, -0.25) is 9.55 Å². The average molecular weight is 425 g/mol. The largest absolute Gasteiger partial charge is 0.334 e. The Kier molecular flexibility index (Phi) is 4.81. The maximum atomic E-state index is 6.06. The lowest BCUT2D eigenvalue weighted by Crippen LogP contribution is -2.01. The molecule has 0 N–H and O–H groups in total. The molecule has 5 rings (SSSR count). The molecule has 0 bridgehead atoms. The minimum atomic E-state index is -0.0429. The third-order valence-corrected chi connectivity index (χ3v) is 5.96. The molecule has 3 heterocycles. The van der Waals surface area contributed by atoms with Gasteiger partial charge in [0, 0.05) is 34.6 Å². The van der Waals surface area contributed by atoms with Crippen molar-refractivity contribution in [3.8, 4) is 22.8 Å². The Morgan fingerprint density at radius 3 is 2.72 bits per heavy atom. The fourth-order valence-corrected chi connectivity index (χ4v) is 4.21. The van der Waals surface area contributed by atoms with Gasteiger partial charge in [0.2, 0.25) is 0 Å². The summed E-state index contributed by atoms with van der Waals surface area (Å²) in [6.45, 7) is 2.04. The van der Waals surface area contributed by atoms with Gasteiger partial charge in [0.25, 0.3) is 5.89 Å². The molecule has 0 saturated heterocycles. The first-order valence-electron chi connectivity index (χ1n) is 9.30. The van der Waals surface area contributed by atoms with Crippen molar-refractivity contribution in [2.24, 2.45) is 0 Å². The van der Waals surface area contributed by atoms with E-state index < -0.39 is 0 Å². The number of hydrogen-bond donors (Lipinski definition) is 0. The van der Waals surface area contributed by atoms with Crippen LogP contribution in [-0.2, 0) is 0 Å². The molecule has 9 heteroatoms. The summed E-state index contributed by atoms with van der Waals surface area (Å²) in [6, 6.07) is 11.7. The summed E-state index contributed by atoms with van der Waals surface area (Å²) in [5.74, 6) is 1.94. The Balaban J connectivity index is 1.40. The van der Waals surface area contributed by atoms with Gasteiger partial charge in [0.05, 0.1) is 5.25 Å². The normalized spacial score (nSPS) is 14.8. The summed E-state index contributed by atoms with van der Waals surface area (Å²) in [6.07, 6.45) is 5.82. The highest BCUT2D eigenvalue weighted by atomic mass is 35.5. The van der Waals surface area contributed by atoms with Crippen LogP contribution in [0.3, 0.4) is 0 Å². The zero-order chi connectivity index (χ0) is 19.8. The van der Waals surface area contributed by atoms with E-state index in [1.807, 2.05) is 37.3 Å². The maximum Gasteiger partial charge on any atom is 0.258 e. The number of hydrogen-bond acceptors (Lipinski definition) is 7. The molecule has 146 valence electrons. The van der Waals surface area contributed by atoms with Crippen molar-refractivity contribution in [1.82, 2.24) is 29.9 Å². The third kappa shape index (κ3) is 3.77. The summed E-state index contributed by atoms with van der Waals surface area (Å²) in [5, 5.41) is 14.5. The highest BCUT2D eigenvalue weighted by molar-refractivity contribution is 7.99.